The zero-order chi connectivity index (χ0) is 15.6. The molecular weight excluding hydrogens is 279 g/mol. The van der Waals surface area contributed by atoms with Crippen molar-refractivity contribution in [1.29, 1.82) is 0 Å². The van der Waals surface area contributed by atoms with Crippen molar-refractivity contribution in [3.05, 3.63) is 71.5 Å². The minimum Gasteiger partial charge on any atom is -0.352 e. The fourth-order valence-electron chi connectivity index (χ4n) is 2.14. The summed E-state index contributed by atoms with van der Waals surface area (Å²) in [4.78, 5) is 11.7. The van der Waals surface area contributed by atoms with Gasteiger partial charge < -0.3 is 10.6 Å². The van der Waals surface area contributed by atoms with Crippen LogP contribution in [0.4, 0.5) is 4.39 Å². The minimum absolute atomic E-state index is 0.0160. The van der Waals surface area contributed by atoms with Crippen LogP contribution < -0.4 is 10.6 Å². The van der Waals surface area contributed by atoms with Crippen LogP contribution in [0.1, 0.15) is 17.5 Å². The molecule has 1 amide bonds. The third kappa shape index (κ3) is 5.66. The lowest BCUT2D eigenvalue weighted by Gasteiger charge is -2.07. The fraction of sp³-hybridized carbons (Fsp3) is 0.278. The standard InChI is InChI=1S/C18H21FN2O/c19-17-9-5-4-8-16(17)10-12-20-13-11-18(22)21-14-15-6-2-1-3-7-15/h1-9,20H,10-14H2,(H,21,22). The van der Waals surface area contributed by atoms with Crippen molar-refractivity contribution in [1.82, 2.24) is 10.6 Å². The first-order valence-electron chi connectivity index (χ1n) is 7.50. The third-order valence-electron chi connectivity index (χ3n) is 3.39. The van der Waals surface area contributed by atoms with Crippen LogP contribution in [0.3, 0.4) is 0 Å². The summed E-state index contributed by atoms with van der Waals surface area (Å²) in [5, 5.41) is 6.04. The summed E-state index contributed by atoms with van der Waals surface area (Å²) in [7, 11) is 0. The summed E-state index contributed by atoms with van der Waals surface area (Å²) in [6.07, 6.45) is 1.04. The zero-order valence-corrected chi connectivity index (χ0v) is 12.5. The van der Waals surface area contributed by atoms with Gasteiger partial charge in [0.2, 0.25) is 5.91 Å². The van der Waals surface area contributed by atoms with Gasteiger partial charge in [0.05, 0.1) is 0 Å². The van der Waals surface area contributed by atoms with E-state index >= 15 is 0 Å². The average Bonchev–Trinajstić information content (AvgIpc) is 2.55. The molecule has 0 saturated heterocycles. The number of hydrogen-bond acceptors (Lipinski definition) is 2. The van der Waals surface area contributed by atoms with Crippen molar-refractivity contribution >= 4 is 5.91 Å². The number of nitrogens with one attached hydrogen (secondary N) is 2. The van der Waals surface area contributed by atoms with E-state index in [1.807, 2.05) is 36.4 Å². The quantitative estimate of drug-likeness (QED) is 0.736. The summed E-state index contributed by atoms with van der Waals surface area (Å²) in [5.41, 5.74) is 1.78. The van der Waals surface area contributed by atoms with Crippen molar-refractivity contribution in [3.8, 4) is 0 Å². The van der Waals surface area contributed by atoms with Gasteiger partial charge in [0.15, 0.2) is 0 Å². The van der Waals surface area contributed by atoms with Gasteiger partial charge in [-0.1, -0.05) is 48.5 Å². The van der Waals surface area contributed by atoms with Crippen LogP contribution in [-0.4, -0.2) is 19.0 Å². The van der Waals surface area contributed by atoms with Gasteiger partial charge >= 0.3 is 0 Å². The van der Waals surface area contributed by atoms with E-state index in [1.54, 1.807) is 12.1 Å². The van der Waals surface area contributed by atoms with E-state index < -0.39 is 0 Å². The van der Waals surface area contributed by atoms with Crippen LogP contribution in [-0.2, 0) is 17.8 Å². The maximum atomic E-state index is 13.4. The smallest absolute Gasteiger partial charge is 0.221 e. The number of amides is 1. The molecule has 2 aromatic rings. The molecule has 0 fully saturated rings. The van der Waals surface area contributed by atoms with E-state index in [2.05, 4.69) is 10.6 Å². The topological polar surface area (TPSA) is 41.1 Å². The number of halogens is 1. The van der Waals surface area contributed by atoms with Crippen LogP contribution in [0.15, 0.2) is 54.6 Å². The maximum Gasteiger partial charge on any atom is 0.221 e. The Kier molecular flexibility index (Phi) is 6.58. The summed E-state index contributed by atoms with van der Waals surface area (Å²) < 4.78 is 13.4. The SMILES string of the molecule is O=C(CCNCCc1ccccc1F)NCc1ccccc1. The lowest BCUT2D eigenvalue weighted by molar-refractivity contribution is -0.121. The third-order valence-corrected chi connectivity index (χ3v) is 3.39. The van der Waals surface area contributed by atoms with Crippen LogP contribution in [0, 0.1) is 5.82 Å². The molecule has 2 rings (SSSR count). The second-order valence-electron chi connectivity index (χ2n) is 5.10. The van der Waals surface area contributed by atoms with Gasteiger partial charge in [-0.05, 0) is 30.2 Å². The van der Waals surface area contributed by atoms with Gasteiger partial charge in [0.1, 0.15) is 5.82 Å². The summed E-state index contributed by atoms with van der Waals surface area (Å²) in [6.45, 7) is 1.80. The van der Waals surface area contributed by atoms with Gasteiger partial charge in [-0.25, -0.2) is 4.39 Å². The molecule has 0 atom stereocenters. The van der Waals surface area contributed by atoms with Gasteiger partial charge in [0.25, 0.3) is 0 Å². The second kappa shape index (κ2) is 8.95. The highest BCUT2D eigenvalue weighted by atomic mass is 19.1. The molecule has 0 aromatic heterocycles. The molecule has 0 aliphatic heterocycles. The van der Waals surface area contributed by atoms with Gasteiger partial charge in [0, 0.05) is 19.5 Å². The normalized spacial score (nSPS) is 10.4. The van der Waals surface area contributed by atoms with Crippen LogP contribution >= 0.6 is 0 Å². The molecule has 116 valence electrons. The summed E-state index contributed by atoms with van der Waals surface area (Å²) >= 11 is 0. The van der Waals surface area contributed by atoms with E-state index in [0.717, 1.165) is 5.56 Å². The van der Waals surface area contributed by atoms with Crippen LogP contribution in [0.5, 0.6) is 0 Å². The Morgan fingerprint density at radius 3 is 2.45 bits per heavy atom. The first-order valence-corrected chi connectivity index (χ1v) is 7.50. The first kappa shape index (κ1) is 16.2. The molecule has 0 saturated carbocycles. The van der Waals surface area contributed by atoms with Crippen molar-refractivity contribution in [3.63, 3.8) is 0 Å². The molecule has 2 N–H and O–H groups in total. The molecule has 3 nitrogen and oxygen atoms in total. The largest absolute Gasteiger partial charge is 0.352 e. The van der Waals surface area contributed by atoms with E-state index in [-0.39, 0.29) is 11.7 Å². The predicted octanol–water partition coefficient (Wildman–Crippen LogP) is 2.66. The number of rotatable bonds is 8. The monoisotopic (exact) mass is 300 g/mol. The van der Waals surface area contributed by atoms with Crippen molar-refractivity contribution < 1.29 is 9.18 Å². The summed E-state index contributed by atoms with van der Waals surface area (Å²) in [6, 6.07) is 16.6. The summed E-state index contributed by atoms with van der Waals surface area (Å²) in [5.74, 6) is -0.160. The molecule has 22 heavy (non-hydrogen) atoms. The highest BCUT2D eigenvalue weighted by molar-refractivity contribution is 5.76. The molecule has 0 heterocycles. The van der Waals surface area contributed by atoms with Gasteiger partial charge in [-0.15, -0.1) is 0 Å². The number of hydrogen-bond donors (Lipinski definition) is 2. The van der Waals surface area contributed by atoms with Gasteiger partial charge in [-0.2, -0.15) is 0 Å². The Morgan fingerprint density at radius 1 is 0.955 bits per heavy atom. The Bertz CT molecular complexity index is 587. The number of benzene rings is 2. The molecular formula is C18H21FN2O. The molecule has 0 bridgehead atoms. The fourth-order valence-corrected chi connectivity index (χ4v) is 2.14. The highest BCUT2D eigenvalue weighted by Gasteiger charge is 2.02. The Labute approximate surface area is 130 Å². The zero-order valence-electron chi connectivity index (χ0n) is 12.5. The second-order valence-corrected chi connectivity index (χ2v) is 5.10. The van der Waals surface area contributed by atoms with Gasteiger partial charge in [-0.3, -0.25) is 4.79 Å². The Balaban J connectivity index is 1.57. The maximum absolute atomic E-state index is 13.4. The lowest BCUT2D eigenvalue weighted by atomic mass is 10.1. The number of carbonyl (C=O) groups excluding carboxylic acids is 1. The minimum atomic E-state index is -0.176. The number of carbonyl (C=O) groups is 1. The lowest BCUT2D eigenvalue weighted by Crippen LogP contribution is -2.28. The molecule has 0 radical (unpaired) electrons. The highest BCUT2D eigenvalue weighted by Crippen LogP contribution is 2.06. The Hall–Kier alpha value is -2.20. The van der Waals surface area contributed by atoms with E-state index in [0.29, 0.717) is 38.0 Å². The van der Waals surface area contributed by atoms with E-state index in [4.69, 9.17) is 0 Å². The molecule has 0 aliphatic carbocycles. The van der Waals surface area contributed by atoms with E-state index in [9.17, 15) is 9.18 Å². The predicted molar refractivity (Wildman–Crippen MR) is 85.9 cm³/mol. The molecule has 0 aliphatic rings. The molecule has 4 heteroatoms. The van der Waals surface area contributed by atoms with E-state index in [1.165, 1.54) is 6.07 Å². The van der Waals surface area contributed by atoms with Crippen molar-refractivity contribution in [2.24, 2.45) is 0 Å². The van der Waals surface area contributed by atoms with Crippen LogP contribution in [0.2, 0.25) is 0 Å². The van der Waals surface area contributed by atoms with Crippen molar-refractivity contribution in [2.45, 2.75) is 19.4 Å². The Morgan fingerprint density at radius 2 is 1.68 bits per heavy atom. The van der Waals surface area contributed by atoms with Crippen molar-refractivity contribution in [2.75, 3.05) is 13.1 Å². The molecule has 0 spiro atoms. The average molecular weight is 300 g/mol. The molecule has 0 unspecified atom stereocenters. The molecule has 2 aromatic carbocycles. The first-order chi connectivity index (χ1) is 10.8. The van der Waals surface area contributed by atoms with Crippen LogP contribution in [0.25, 0.3) is 0 Å².